The molecule has 0 amide bonds. The first kappa shape index (κ1) is 14.4. The van der Waals surface area contributed by atoms with Crippen LogP contribution in [0.1, 0.15) is 11.1 Å². The van der Waals surface area contributed by atoms with Crippen LogP contribution in [0.3, 0.4) is 0 Å². The number of rotatable bonds is 4. The van der Waals surface area contributed by atoms with E-state index in [0.29, 0.717) is 16.9 Å². The first-order chi connectivity index (χ1) is 9.42. The monoisotopic (exact) mass is 292 g/mol. The number of aryl methyl sites for hydroxylation is 1. The molecule has 4 N–H and O–H groups in total. The average molecular weight is 292 g/mol. The normalized spacial score (nSPS) is 11.3. The highest BCUT2D eigenvalue weighted by Gasteiger charge is 2.16. The Balaban J connectivity index is 2.30. The molecule has 0 aliphatic rings. The molecule has 0 saturated carbocycles. The Bertz CT molecular complexity index is 710. The van der Waals surface area contributed by atoms with E-state index in [9.17, 15) is 8.42 Å². The molecular formula is C14H16N2O3S. The van der Waals surface area contributed by atoms with Gasteiger partial charge in [-0.05, 0) is 48.4 Å². The summed E-state index contributed by atoms with van der Waals surface area (Å²) in [6.07, 6.45) is 0. The van der Waals surface area contributed by atoms with E-state index in [1.807, 2.05) is 0 Å². The highest BCUT2D eigenvalue weighted by atomic mass is 32.2. The van der Waals surface area contributed by atoms with Crippen LogP contribution in [-0.4, -0.2) is 13.5 Å². The Morgan fingerprint density at radius 2 is 1.80 bits per heavy atom. The maximum Gasteiger partial charge on any atom is 0.262 e. The molecule has 0 unspecified atom stereocenters. The molecule has 0 saturated heterocycles. The summed E-state index contributed by atoms with van der Waals surface area (Å²) in [6.45, 7) is 1.61. The molecule has 0 heterocycles. The number of hydrogen-bond acceptors (Lipinski definition) is 4. The molecule has 0 spiro atoms. The van der Waals surface area contributed by atoms with Gasteiger partial charge in [-0.1, -0.05) is 12.1 Å². The maximum atomic E-state index is 12.3. The van der Waals surface area contributed by atoms with Crippen molar-refractivity contribution in [1.82, 2.24) is 0 Å². The van der Waals surface area contributed by atoms with Crippen LogP contribution < -0.4 is 10.5 Å². The van der Waals surface area contributed by atoms with Gasteiger partial charge >= 0.3 is 0 Å². The van der Waals surface area contributed by atoms with E-state index in [0.717, 1.165) is 5.56 Å². The third kappa shape index (κ3) is 3.09. The molecule has 20 heavy (non-hydrogen) atoms. The third-order valence-electron chi connectivity index (χ3n) is 2.88. The van der Waals surface area contributed by atoms with Gasteiger partial charge in [-0.15, -0.1) is 0 Å². The smallest absolute Gasteiger partial charge is 0.262 e. The minimum Gasteiger partial charge on any atom is -0.399 e. The number of nitrogen functional groups attached to an aromatic ring is 1. The molecule has 2 rings (SSSR count). The topological polar surface area (TPSA) is 92.4 Å². The van der Waals surface area contributed by atoms with Crippen molar-refractivity contribution >= 4 is 21.4 Å². The summed E-state index contributed by atoms with van der Waals surface area (Å²) in [5, 5.41) is 8.95. The summed E-state index contributed by atoms with van der Waals surface area (Å²) in [5.41, 5.74) is 7.89. The van der Waals surface area contributed by atoms with Crippen LogP contribution >= 0.6 is 0 Å². The second-order valence-corrected chi connectivity index (χ2v) is 6.14. The number of benzene rings is 2. The molecule has 0 aliphatic heterocycles. The summed E-state index contributed by atoms with van der Waals surface area (Å²) < 4.78 is 27.1. The number of nitrogens with one attached hydrogen (secondary N) is 1. The van der Waals surface area contributed by atoms with Crippen molar-refractivity contribution in [3.63, 3.8) is 0 Å². The highest BCUT2D eigenvalue weighted by Crippen LogP contribution is 2.21. The van der Waals surface area contributed by atoms with Crippen molar-refractivity contribution in [2.75, 3.05) is 10.5 Å². The number of anilines is 2. The van der Waals surface area contributed by atoms with Gasteiger partial charge in [0.1, 0.15) is 0 Å². The Hall–Kier alpha value is -2.05. The largest absolute Gasteiger partial charge is 0.399 e. The van der Waals surface area contributed by atoms with Gasteiger partial charge < -0.3 is 10.8 Å². The molecule has 0 aromatic heterocycles. The van der Waals surface area contributed by atoms with Gasteiger partial charge in [0.15, 0.2) is 0 Å². The predicted octanol–water partition coefficient (Wildman–Crippen LogP) is 1.87. The summed E-state index contributed by atoms with van der Waals surface area (Å²) in [6, 6.07) is 11.2. The first-order valence-corrected chi connectivity index (χ1v) is 7.49. The van der Waals surface area contributed by atoms with Gasteiger partial charge in [0.25, 0.3) is 10.0 Å². The minimum atomic E-state index is -3.65. The van der Waals surface area contributed by atoms with E-state index in [1.165, 1.54) is 6.07 Å². The lowest BCUT2D eigenvalue weighted by Crippen LogP contribution is -2.14. The van der Waals surface area contributed by atoms with E-state index in [2.05, 4.69) is 4.72 Å². The van der Waals surface area contributed by atoms with Gasteiger partial charge in [0.2, 0.25) is 0 Å². The number of sulfonamides is 1. The zero-order chi connectivity index (χ0) is 14.8. The summed E-state index contributed by atoms with van der Waals surface area (Å²) in [5.74, 6) is 0. The molecule has 0 fully saturated rings. The summed E-state index contributed by atoms with van der Waals surface area (Å²) in [7, 11) is -3.65. The van der Waals surface area contributed by atoms with Gasteiger partial charge in [-0.2, -0.15) is 0 Å². The second-order valence-electron chi connectivity index (χ2n) is 4.49. The average Bonchev–Trinajstić information content (AvgIpc) is 2.38. The molecule has 5 nitrogen and oxygen atoms in total. The van der Waals surface area contributed by atoms with Crippen LogP contribution in [0.25, 0.3) is 0 Å². The number of aliphatic hydroxyl groups excluding tert-OH is 1. The molecular weight excluding hydrogens is 276 g/mol. The molecule has 2 aromatic carbocycles. The standard InChI is InChI=1S/C14H16N2O3S/c1-10-8-12(15)4-7-14(10)20(18,19)16-13-5-2-11(9-17)3-6-13/h2-8,16-17H,9,15H2,1H3. The van der Waals surface area contributed by atoms with Crippen molar-refractivity contribution in [2.45, 2.75) is 18.4 Å². The SMILES string of the molecule is Cc1cc(N)ccc1S(=O)(=O)Nc1ccc(CO)cc1. The van der Waals surface area contributed by atoms with Crippen LogP contribution in [0.5, 0.6) is 0 Å². The zero-order valence-electron chi connectivity index (χ0n) is 11.0. The van der Waals surface area contributed by atoms with Gasteiger partial charge in [0.05, 0.1) is 11.5 Å². The van der Waals surface area contributed by atoms with Crippen molar-refractivity contribution in [2.24, 2.45) is 0 Å². The number of nitrogens with two attached hydrogens (primary N) is 1. The Morgan fingerprint density at radius 1 is 1.15 bits per heavy atom. The third-order valence-corrected chi connectivity index (χ3v) is 4.42. The van der Waals surface area contributed by atoms with Gasteiger partial charge in [-0.3, -0.25) is 4.72 Å². The van der Waals surface area contributed by atoms with Crippen LogP contribution in [0.4, 0.5) is 11.4 Å². The fourth-order valence-corrected chi connectivity index (χ4v) is 3.15. The highest BCUT2D eigenvalue weighted by molar-refractivity contribution is 7.92. The molecule has 0 radical (unpaired) electrons. The molecule has 6 heteroatoms. The van der Waals surface area contributed by atoms with Crippen molar-refractivity contribution in [3.8, 4) is 0 Å². The maximum absolute atomic E-state index is 12.3. The first-order valence-electron chi connectivity index (χ1n) is 6.01. The van der Waals surface area contributed by atoms with E-state index >= 15 is 0 Å². The summed E-state index contributed by atoms with van der Waals surface area (Å²) in [4.78, 5) is 0.193. The van der Waals surface area contributed by atoms with E-state index < -0.39 is 10.0 Å². The Labute approximate surface area is 118 Å². The number of aliphatic hydroxyl groups is 1. The van der Waals surface area contributed by atoms with Gasteiger partial charge in [-0.25, -0.2) is 8.42 Å². The molecule has 0 bridgehead atoms. The van der Waals surface area contributed by atoms with E-state index in [1.54, 1.807) is 43.3 Å². The quantitative estimate of drug-likeness (QED) is 0.750. The molecule has 106 valence electrons. The lowest BCUT2D eigenvalue weighted by atomic mass is 10.2. The molecule has 0 atom stereocenters. The molecule has 0 aliphatic carbocycles. The predicted molar refractivity (Wildman–Crippen MR) is 78.8 cm³/mol. The van der Waals surface area contributed by atoms with Gasteiger partial charge in [0, 0.05) is 11.4 Å². The summed E-state index contributed by atoms with van der Waals surface area (Å²) >= 11 is 0. The molecule has 2 aromatic rings. The van der Waals surface area contributed by atoms with E-state index in [-0.39, 0.29) is 11.5 Å². The fourth-order valence-electron chi connectivity index (χ4n) is 1.86. The van der Waals surface area contributed by atoms with Crippen molar-refractivity contribution < 1.29 is 13.5 Å². The Morgan fingerprint density at radius 3 is 2.35 bits per heavy atom. The zero-order valence-corrected chi connectivity index (χ0v) is 11.8. The van der Waals surface area contributed by atoms with Crippen LogP contribution in [-0.2, 0) is 16.6 Å². The van der Waals surface area contributed by atoms with Crippen LogP contribution in [0, 0.1) is 6.92 Å². The lowest BCUT2D eigenvalue weighted by molar-refractivity contribution is 0.282. The van der Waals surface area contributed by atoms with Crippen LogP contribution in [0.2, 0.25) is 0 Å². The van der Waals surface area contributed by atoms with Crippen molar-refractivity contribution in [1.29, 1.82) is 0 Å². The fraction of sp³-hybridized carbons (Fsp3) is 0.143. The minimum absolute atomic E-state index is 0.0793. The van der Waals surface area contributed by atoms with Crippen LogP contribution in [0.15, 0.2) is 47.4 Å². The Kier molecular flexibility index (Phi) is 3.96. The number of hydrogen-bond donors (Lipinski definition) is 3. The second kappa shape index (κ2) is 5.52. The van der Waals surface area contributed by atoms with E-state index in [4.69, 9.17) is 10.8 Å². The lowest BCUT2D eigenvalue weighted by Gasteiger charge is -2.11. The van der Waals surface area contributed by atoms with Crippen molar-refractivity contribution in [3.05, 3.63) is 53.6 Å².